The lowest BCUT2D eigenvalue weighted by molar-refractivity contribution is -0.145. The first-order valence-corrected chi connectivity index (χ1v) is 13.0. The van der Waals surface area contributed by atoms with Crippen molar-refractivity contribution in [1.82, 2.24) is 9.97 Å². The molecule has 1 heterocycles. The lowest BCUT2D eigenvalue weighted by atomic mass is 9.97. The van der Waals surface area contributed by atoms with Crippen molar-refractivity contribution in [3.63, 3.8) is 0 Å². The molecule has 9 nitrogen and oxygen atoms in total. The molecule has 2 atom stereocenters. The second-order valence-corrected chi connectivity index (χ2v) is 10.4. The lowest BCUT2D eigenvalue weighted by Gasteiger charge is -2.20. The Morgan fingerprint density at radius 3 is 2.37 bits per heavy atom. The number of carbonyl (C=O) groups is 1. The molecule has 1 aromatic carbocycles. The highest BCUT2D eigenvalue weighted by Gasteiger charge is 2.22. The maximum absolute atomic E-state index is 13.6. The molecule has 2 N–H and O–H groups in total. The summed E-state index contributed by atoms with van der Waals surface area (Å²) in [7, 11) is -2.30. The number of ether oxygens (including phenoxy) is 1. The number of halogens is 1. The number of anilines is 1. The van der Waals surface area contributed by atoms with Gasteiger partial charge in [0, 0.05) is 24.6 Å². The van der Waals surface area contributed by atoms with Crippen LogP contribution >= 0.6 is 0 Å². The van der Waals surface area contributed by atoms with Crippen molar-refractivity contribution in [2.45, 2.75) is 51.7 Å². The Bertz CT molecular complexity index is 1150. The van der Waals surface area contributed by atoms with Crippen molar-refractivity contribution in [3.05, 3.63) is 47.4 Å². The Balaban J connectivity index is 2.51. The lowest BCUT2D eigenvalue weighted by Crippen LogP contribution is -2.27. The number of hydrogen-bond acceptors (Lipinski definition) is 8. The second kappa shape index (κ2) is 12.2. The summed E-state index contributed by atoms with van der Waals surface area (Å²) >= 11 is 0. The van der Waals surface area contributed by atoms with E-state index < -0.39 is 34.0 Å². The van der Waals surface area contributed by atoms with Gasteiger partial charge in [-0.1, -0.05) is 26.0 Å². The first-order valence-electron chi connectivity index (χ1n) is 11.1. The summed E-state index contributed by atoms with van der Waals surface area (Å²) in [5, 5.41) is 20.5. The highest BCUT2D eigenvalue weighted by molar-refractivity contribution is 7.92. The Morgan fingerprint density at radius 1 is 1.20 bits per heavy atom. The Labute approximate surface area is 205 Å². The van der Waals surface area contributed by atoms with Gasteiger partial charge < -0.3 is 14.9 Å². The van der Waals surface area contributed by atoms with E-state index in [2.05, 4.69) is 9.97 Å². The molecule has 0 saturated heterocycles. The molecule has 0 fully saturated rings. The molecule has 2 rings (SSSR count). The number of nitrogens with zero attached hydrogens (tertiary/aromatic N) is 3. The number of aliphatic hydroxyl groups is 2. The van der Waals surface area contributed by atoms with Gasteiger partial charge in [-0.2, -0.15) is 0 Å². The van der Waals surface area contributed by atoms with Gasteiger partial charge in [0.25, 0.3) is 0 Å². The van der Waals surface area contributed by atoms with Gasteiger partial charge >= 0.3 is 5.97 Å². The van der Waals surface area contributed by atoms with E-state index in [1.807, 2.05) is 13.8 Å². The van der Waals surface area contributed by atoms with Crippen LogP contribution in [0.4, 0.5) is 10.3 Å². The minimum Gasteiger partial charge on any atom is -0.466 e. The standard InChI is InChI=1S/C24H32FN3O6S/c1-6-34-21(31)14-19(30)13-18(29)11-12-20-22(15(2)3)26-24(28(4)35(5,32)33)27-23(20)16-7-9-17(25)10-8-16/h7-12,15,18-19,29-30H,6,13-14H2,1-5H3/b12-11+/t18-,19?/m1/s1. The van der Waals surface area contributed by atoms with E-state index in [4.69, 9.17) is 4.74 Å². The number of aliphatic hydroxyl groups excluding tert-OH is 2. The summed E-state index contributed by atoms with van der Waals surface area (Å²) in [5.41, 5.74) is 1.90. The zero-order valence-corrected chi connectivity index (χ0v) is 21.3. The SMILES string of the molecule is CCOC(=O)CC(O)C[C@H](O)/C=C/c1c(-c2ccc(F)cc2)nc(N(C)S(C)(=O)=O)nc1C(C)C. The minimum atomic E-state index is -3.65. The average molecular weight is 510 g/mol. The zero-order chi connectivity index (χ0) is 26.3. The van der Waals surface area contributed by atoms with Gasteiger partial charge in [0.15, 0.2) is 0 Å². The van der Waals surface area contributed by atoms with Gasteiger partial charge in [0.2, 0.25) is 16.0 Å². The molecule has 1 aromatic heterocycles. The number of carbonyl (C=O) groups excluding carboxylic acids is 1. The molecule has 0 spiro atoms. The third-order valence-electron chi connectivity index (χ3n) is 5.11. The number of rotatable bonds is 11. The molecule has 0 aliphatic rings. The molecule has 0 saturated carbocycles. The molecule has 0 radical (unpaired) electrons. The van der Waals surface area contributed by atoms with Crippen molar-refractivity contribution < 1.29 is 32.6 Å². The summed E-state index contributed by atoms with van der Waals surface area (Å²) < 4.78 is 43.6. The van der Waals surface area contributed by atoms with E-state index >= 15 is 0 Å². The van der Waals surface area contributed by atoms with Crippen LogP contribution < -0.4 is 4.31 Å². The molecular weight excluding hydrogens is 477 g/mol. The van der Waals surface area contributed by atoms with Gasteiger partial charge in [-0.3, -0.25) is 4.79 Å². The molecule has 0 bridgehead atoms. The third kappa shape index (κ3) is 8.08. The van der Waals surface area contributed by atoms with Crippen molar-refractivity contribution in [1.29, 1.82) is 0 Å². The number of benzene rings is 1. The van der Waals surface area contributed by atoms with Crippen LogP contribution in [0.5, 0.6) is 0 Å². The largest absolute Gasteiger partial charge is 0.466 e. The highest BCUT2D eigenvalue weighted by atomic mass is 32.2. The van der Waals surface area contributed by atoms with Crippen LogP contribution in [0, 0.1) is 5.82 Å². The van der Waals surface area contributed by atoms with Crippen LogP contribution in [0.1, 0.15) is 50.8 Å². The van der Waals surface area contributed by atoms with Gasteiger partial charge in [-0.15, -0.1) is 0 Å². The predicted octanol–water partition coefficient (Wildman–Crippen LogP) is 2.88. The molecule has 1 unspecified atom stereocenters. The molecule has 11 heteroatoms. The molecule has 0 aliphatic heterocycles. The van der Waals surface area contributed by atoms with E-state index in [1.54, 1.807) is 13.0 Å². The highest BCUT2D eigenvalue weighted by Crippen LogP contribution is 2.31. The maximum atomic E-state index is 13.6. The van der Waals surface area contributed by atoms with E-state index in [1.165, 1.54) is 37.4 Å². The Hall–Kier alpha value is -2.89. The van der Waals surface area contributed by atoms with Crippen molar-refractivity contribution in [2.75, 3.05) is 24.2 Å². The summed E-state index contributed by atoms with van der Waals surface area (Å²) in [5.74, 6) is -1.20. The van der Waals surface area contributed by atoms with Crippen LogP contribution in [-0.4, -0.2) is 66.7 Å². The van der Waals surface area contributed by atoms with Crippen molar-refractivity contribution >= 4 is 28.0 Å². The monoisotopic (exact) mass is 509 g/mol. The summed E-state index contributed by atoms with van der Waals surface area (Å²) in [4.78, 5) is 20.5. The zero-order valence-electron chi connectivity index (χ0n) is 20.5. The van der Waals surface area contributed by atoms with E-state index in [0.717, 1.165) is 10.6 Å². The fourth-order valence-electron chi connectivity index (χ4n) is 3.26. The quantitative estimate of drug-likeness (QED) is 0.442. The number of esters is 1. The summed E-state index contributed by atoms with van der Waals surface area (Å²) in [6.07, 6.45) is 1.51. The van der Waals surface area contributed by atoms with E-state index in [-0.39, 0.29) is 31.3 Å². The van der Waals surface area contributed by atoms with Crippen LogP contribution in [-0.2, 0) is 19.6 Å². The van der Waals surface area contributed by atoms with E-state index in [0.29, 0.717) is 22.5 Å². The van der Waals surface area contributed by atoms with Crippen LogP contribution in [0.3, 0.4) is 0 Å². The molecule has 192 valence electrons. The third-order valence-corrected chi connectivity index (χ3v) is 6.27. The van der Waals surface area contributed by atoms with Gasteiger partial charge in [0.1, 0.15) is 5.82 Å². The average Bonchev–Trinajstić information content (AvgIpc) is 2.76. The molecule has 0 aliphatic carbocycles. The fourth-order valence-corrected chi connectivity index (χ4v) is 3.63. The molecule has 0 amide bonds. The molecular formula is C24H32FN3O6S. The summed E-state index contributed by atoms with van der Waals surface area (Å²) in [6, 6.07) is 5.56. The van der Waals surface area contributed by atoms with E-state index in [9.17, 15) is 27.8 Å². The number of hydrogen-bond donors (Lipinski definition) is 2. The van der Waals surface area contributed by atoms with Gasteiger partial charge in [-0.05, 0) is 37.1 Å². The van der Waals surface area contributed by atoms with Crippen LogP contribution in [0.15, 0.2) is 30.3 Å². The minimum absolute atomic E-state index is 0.0434. The normalized spacial score (nSPS) is 13.7. The maximum Gasteiger partial charge on any atom is 0.308 e. The predicted molar refractivity (Wildman–Crippen MR) is 132 cm³/mol. The molecule has 2 aromatic rings. The first kappa shape index (κ1) is 28.3. The van der Waals surface area contributed by atoms with Crippen LogP contribution in [0.25, 0.3) is 17.3 Å². The smallest absolute Gasteiger partial charge is 0.308 e. The van der Waals surface area contributed by atoms with Gasteiger partial charge in [-0.25, -0.2) is 27.1 Å². The van der Waals surface area contributed by atoms with Gasteiger partial charge in [0.05, 0.1) is 42.9 Å². The molecule has 35 heavy (non-hydrogen) atoms. The first-order chi connectivity index (χ1) is 16.3. The number of sulfonamides is 1. The van der Waals surface area contributed by atoms with Crippen molar-refractivity contribution in [2.24, 2.45) is 0 Å². The van der Waals surface area contributed by atoms with Crippen molar-refractivity contribution in [3.8, 4) is 11.3 Å². The van der Waals surface area contributed by atoms with Crippen LogP contribution in [0.2, 0.25) is 0 Å². The Morgan fingerprint density at radius 2 is 1.83 bits per heavy atom. The topological polar surface area (TPSA) is 130 Å². The number of aromatic nitrogens is 2. The Kier molecular flexibility index (Phi) is 9.87. The fraction of sp³-hybridized carbons (Fsp3) is 0.458. The second-order valence-electron chi connectivity index (χ2n) is 8.39. The summed E-state index contributed by atoms with van der Waals surface area (Å²) in [6.45, 7) is 5.60.